The molecule has 3 aromatic rings. The van der Waals surface area contributed by atoms with Crippen LogP contribution in [0.4, 0.5) is 0 Å². The van der Waals surface area contributed by atoms with E-state index in [2.05, 4.69) is 20.4 Å². The summed E-state index contributed by atoms with van der Waals surface area (Å²) in [6.07, 6.45) is 5.45. The van der Waals surface area contributed by atoms with Gasteiger partial charge in [-0.1, -0.05) is 6.07 Å². The molecule has 3 heterocycles. The van der Waals surface area contributed by atoms with Crippen molar-refractivity contribution in [3.05, 3.63) is 52.4 Å². The zero-order valence-electron chi connectivity index (χ0n) is 12.3. The van der Waals surface area contributed by atoms with E-state index in [1.165, 1.54) is 11.3 Å². The standard InChI is InChI=1S/C15H15N5OS/c1-10-14(22-9-18-10)15(21)17-6-11-3-4-13(16-5-11)12-7-19-20(2)8-12/h3-5,7-9H,6H2,1-2H3,(H,17,21). The third kappa shape index (κ3) is 3.04. The average Bonchev–Trinajstić information content (AvgIpc) is 3.14. The smallest absolute Gasteiger partial charge is 0.263 e. The maximum Gasteiger partial charge on any atom is 0.263 e. The highest BCUT2D eigenvalue weighted by molar-refractivity contribution is 7.11. The van der Waals surface area contributed by atoms with Crippen LogP contribution in [0.3, 0.4) is 0 Å². The number of nitrogens with one attached hydrogen (secondary N) is 1. The molecule has 0 fully saturated rings. The predicted molar refractivity (Wildman–Crippen MR) is 84.5 cm³/mol. The largest absolute Gasteiger partial charge is 0.347 e. The van der Waals surface area contributed by atoms with Gasteiger partial charge in [0.2, 0.25) is 0 Å². The number of hydrogen-bond donors (Lipinski definition) is 1. The van der Waals surface area contributed by atoms with Crippen LogP contribution in [0.15, 0.2) is 36.2 Å². The summed E-state index contributed by atoms with van der Waals surface area (Å²) in [6, 6.07) is 3.88. The lowest BCUT2D eigenvalue weighted by Gasteiger charge is -2.05. The fourth-order valence-electron chi connectivity index (χ4n) is 2.04. The van der Waals surface area contributed by atoms with Crippen molar-refractivity contribution in [2.24, 2.45) is 7.05 Å². The minimum atomic E-state index is -0.101. The van der Waals surface area contributed by atoms with Crippen LogP contribution < -0.4 is 5.32 Å². The lowest BCUT2D eigenvalue weighted by Crippen LogP contribution is -2.22. The molecule has 22 heavy (non-hydrogen) atoms. The molecule has 0 bridgehead atoms. The molecule has 0 aliphatic heterocycles. The van der Waals surface area contributed by atoms with Crippen molar-refractivity contribution in [2.45, 2.75) is 13.5 Å². The van der Waals surface area contributed by atoms with Crippen LogP contribution in [-0.2, 0) is 13.6 Å². The van der Waals surface area contributed by atoms with E-state index >= 15 is 0 Å². The first-order valence-corrected chi connectivity index (χ1v) is 7.63. The zero-order valence-corrected chi connectivity index (χ0v) is 13.1. The maximum absolute atomic E-state index is 12.0. The molecule has 1 N–H and O–H groups in total. The summed E-state index contributed by atoms with van der Waals surface area (Å²) in [4.78, 5) is 21.2. The van der Waals surface area contributed by atoms with Crippen LogP contribution in [0.25, 0.3) is 11.3 Å². The second kappa shape index (κ2) is 6.07. The molecule has 7 heteroatoms. The van der Waals surface area contributed by atoms with Crippen molar-refractivity contribution >= 4 is 17.2 Å². The SMILES string of the molecule is Cc1ncsc1C(=O)NCc1ccc(-c2cnn(C)c2)nc1. The monoisotopic (exact) mass is 313 g/mol. The molecule has 0 radical (unpaired) electrons. The molecule has 0 saturated carbocycles. The Labute approximate surface area is 131 Å². The van der Waals surface area contributed by atoms with Gasteiger partial charge in [0.05, 0.1) is 23.1 Å². The third-order valence-corrected chi connectivity index (χ3v) is 4.16. The molecule has 3 aromatic heterocycles. The zero-order chi connectivity index (χ0) is 15.5. The van der Waals surface area contributed by atoms with Crippen molar-refractivity contribution in [1.29, 1.82) is 0 Å². The molecule has 112 valence electrons. The predicted octanol–water partition coefficient (Wildman–Crippen LogP) is 2.18. The molecule has 0 aliphatic carbocycles. The van der Waals surface area contributed by atoms with Crippen molar-refractivity contribution in [1.82, 2.24) is 25.1 Å². The van der Waals surface area contributed by atoms with E-state index < -0.39 is 0 Å². The van der Waals surface area contributed by atoms with Crippen molar-refractivity contribution in [3.63, 3.8) is 0 Å². The van der Waals surface area contributed by atoms with Gasteiger partial charge >= 0.3 is 0 Å². The second-order valence-corrected chi connectivity index (χ2v) is 5.76. The number of hydrogen-bond acceptors (Lipinski definition) is 5. The van der Waals surface area contributed by atoms with Crippen LogP contribution in [0.2, 0.25) is 0 Å². The molecule has 6 nitrogen and oxygen atoms in total. The van der Waals surface area contributed by atoms with E-state index in [1.54, 1.807) is 22.6 Å². The Morgan fingerprint density at radius 3 is 2.77 bits per heavy atom. The van der Waals surface area contributed by atoms with Gasteiger partial charge in [0.1, 0.15) is 4.88 Å². The number of amides is 1. The number of thiazole rings is 1. The lowest BCUT2D eigenvalue weighted by atomic mass is 10.2. The van der Waals surface area contributed by atoms with E-state index in [1.807, 2.05) is 32.3 Å². The number of aryl methyl sites for hydroxylation is 2. The number of aromatic nitrogens is 4. The molecule has 0 aliphatic rings. The Balaban J connectivity index is 1.64. The van der Waals surface area contributed by atoms with Gasteiger partial charge in [-0.15, -0.1) is 11.3 Å². The molecule has 1 amide bonds. The van der Waals surface area contributed by atoms with Gasteiger partial charge in [0, 0.05) is 31.5 Å². The lowest BCUT2D eigenvalue weighted by molar-refractivity contribution is 0.0954. The van der Waals surface area contributed by atoms with Crippen molar-refractivity contribution in [3.8, 4) is 11.3 Å². The van der Waals surface area contributed by atoms with Crippen LogP contribution in [0, 0.1) is 6.92 Å². The van der Waals surface area contributed by atoms with Gasteiger partial charge in [0.15, 0.2) is 0 Å². The first-order valence-electron chi connectivity index (χ1n) is 6.75. The van der Waals surface area contributed by atoms with E-state index in [-0.39, 0.29) is 5.91 Å². The quantitative estimate of drug-likeness (QED) is 0.801. The molecule has 0 saturated heterocycles. The number of pyridine rings is 1. The molecular formula is C15H15N5OS. The normalized spacial score (nSPS) is 10.6. The Kier molecular flexibility index (Phi) is 3.97. The summed E-state index contributed by atoms with van der Waals surface area (Å²) < 4.78 is 1.74. The van der Waals surface area contributed by atoms with Crippen LogP contribution in [0.1, 0.15) is 20.9 Å². The second-order valence-electron chi connectivity index (χ2n) is 4.90. The highest BCUT2D eigenvalue weighted by Gasteiger charge is 2.11. The van der Waals surface area contributed by atoms with E-state index in [0.717, 1.165) is 22.5 Å². The summed E-state index contributed by atoms with van der Waals surface area (Å²) in [6.45, 7) is 2.27. The first kappa shape index (κ1) is 14.4. The number of nitrogens with zero attached hydrogens (tertiary/aromatic N) is 4. The minimum absolute atomic E-state index is 0.101. The minimum Gasteiger partial charge on any atom is -0.347 e. The average molecular weight is 313 g/mol. The van der Waals surface area contributed by atoms with Crippen LogP contribution in [0.5, 0.6) is 0 Å². The Morgan fingerprint density at radius 2 is 2.18 bits per heavy atom. The molecule has 0 spiro atoms. The fourth-order valence-corrected chi connectivity index (χ4v) is 2.75. The van der Waals surface area contributed by atoms with Crippen molar-refractivity contribution in [2.75, 3.05) is 0 Å². The topological polar surface area (TPSA) is 72.7 Å². The summed E-state index contributed by atoms with van der Waals surface area (Å²) in [5.74, 6) is -0.101. The van der Waals surface area contributed by atoms with Crippen molar-refractivity contribution < 1.29 is 4.79 Å². The summed E-state index contributed by atoms with van der Waals surface area (Å²) >= 11 is 1.35. The number of carbonyl (C=O) groups is 1. The van der Waals surface area contributed by atoms with E-state index in [0.29, 0.717) is 11.4 Å². The number of rotatable bonds is 4. The van der Waals surface area contributed by atoms with E-state index in [4.69, 9.17) is 0 Å². The fraction of sp³-hybridized carbons (Fsp3) is 0.200. The van der Waals surface area contributed by atoms with Gasteiger partial charge in [-0.3, -0.25) is 14.5 Å². The Hall–Kier alpha value is -2.54. The number of carbonyl (C=O) groups excluding carboxylic acids is 1. The van der Waals surface area contributed by atoms with Gasteiger partial charge in [-0.2, -0.15) is 5.10 Å². The van der Waals surface area contributed by atoms with E-state index in [9.17, 15) is 4.79 Å². The summed E-state index contributed by atoms with van der Waals surface area (Å²) in [5, 5.41) is 7.01. The van der Waals surface area contributed by atoms with Gasteiger partial charge in [-0.25, -0.2) is 4.98 Å². The van der Waals surface area contributed by atoms with Gasteiger partial charge in [-0.05, 0) is 18.6 Å². The molecule has 0 unspecified atom stereocenters. The Bertz CT molecular complexity index is 790. The maximum atomic E-state index is 12.0. The van der Waals surface area contributed by atoms with Crippen LogP contribution in [-0.4, -0.2) is 25.7 Å². The molecular weight excluding hydrogens is 298 g/mol. The molecule has 0 aromatic carbocycles. The molecule has 0 atom stereocenters. The van der Waals surface area contributed by atoms with Crippen LogP contribution >= 0.6 is 11.3 Å². The van der Waals surface area contributed by atoms with Gasteiger partial charge < -0.3 is 5.32 Å². The highest BCUT2D eigenvalue weighted by atomic mass is 32.1. The Morgan fingerprint density at radius 1 is 1.32 bits per heavy atom. The third-order valence-electron chi connectivity index (χ3n) is 3.23. The molecule has 3 rings (SSSR count). The van der Waals surface area contributed by atoms with Gasteiger partial charge in [0.25, 0.3) is 5.91 Å². The first-order chi connectivity index (χ1) is 10.6. The summed E-state index contributed by atoms with van der Waals surface area (Å²) in [5.41, 5.74) is 5.21. The summed E-state index contributed by atoms with van der Waals surface area (Å²) in [7, 11) is 1.87. The highest BCUT2D eigenvalue weighted by Crippen LogP contribution is 2.16.